The summed E-state index contributed by atoms with van der Waals surface area (Å²) in [5, 5.41) is 0. The molecule has 0 bridgehead atoms. The quantitative estimate of drug-likeness (QED) is 0.517. The van der Waals surface area contributed by atoms with E-state index in [9.17, 15) is 8.42 Å². The van der Waals surface area contributed by atoms with Crippen LogP contribution in [0.1, 0.15) is 13.8 Å². The Kier molecular flexibility index (Phi) is 7.44. The first-order valence-electron chi connectivity index (χ1n) is 6.57. The van der Waals surface area contributed by atoms with E-state index in [1.807, 2.05) is 18.7 Å². The molecule has 1 rings (SSSR count). The lowest BCUT2D eigenvalue weighted by atomic mass is 10.3. The molecule has 0 unspecified atom stereocenters. The number of rotatable bonds is 10. The molecule has 0 aromatic heterocycles. The predicted molar refractivity (Wildman–Crippen MR) is 76.9 cm³/mol. The summed E-state index contributed by atoms with van der Waals surface area (Å²) < 4.78 is 39.6. The summed E-state index contributed by atoms with van der Waals surface area (Å²) in [6, 6.07) is 4.38. The van der Waals surface area contributed by atoms with Crippen LogP contribution < -0.4 is 14.4 Å². The number of sulfonamides is 1. The highest BCUT2D eigenvalue weighted by Crippen LogP contribution is 2.30. The summed E-state index contributed by atoms with van der Waals surface area (Å²) in [7, 11) is -2.28. The minimum atomic E-state index is -3.78. The number of hydrogen-bond donors (Lipinski definition) is 1. The Morgan fingerprint density at radius 3 is 2.33 bits per heavy atom. The number of benzene rings is 1. The summed E-state index contributed by atoms with van der Waals surface area (Å²) in [4.78, 5) is 6.90. The maximum atomic E-state index is 12.0. The smallest absolute Gasteiger partial charge is 0.262 e. The molecule has 0 spiro atoms. The van der Waals surface area contributed by atoms with E-state index < -0.39 is 10.0 Å². The van der Waals surface area contributed by atoms with Gasteiger partial charge in [0.1, 0.15) is 0 Å². The fourth-order valence-electron chi connectivity index (χ4n) is 1.49. The maximum absolute atomic E-state index is 12.0. The lowest BCUT2D eigenvalue weighted by molar-refractivity contribution is 0.0438. The molecular formula is C13H21NO6S. The minimum absolute atomic E-state index is 0.0341. The Hall–Kier alpha value is -1.35. The van der Waals surface area contributed by atoms with Gasteiger partial charge in [-0.05, 0) is 26.0 Å². The summed E-state index contributed by atoms with van der Waals surface area (Å²) in [5.41, 5.74) is 0. The highest BCUT2D eigenvalue weighted by atomic mass is 32.2. The highest BCUT2D eigenvalue weighted by molar-refractivity contribution is 7.89. The van der Waals surface area contributed by atoms with Crippen molar-refractivity contribution in [1.29, 1.82) is 0 Å². The van der Waals surface area contributed by atoms with E-state index in [0.29, 0.717) is 24.7 Å². The summed E-state index contributed by atoms with van der Waals surface area (Å²) in [5.74, 6) is 0.873. The lowest BCUT2D eigenvalue weighted by Gasteiger charge is -2.13. The van der Waals surface area contributed by atoms with Gasteiger partial charge in [-0.1, -0.05) is 4.89 Å². The van der Waals surface area contributed by atoms with Crippen LogP contribution in [0.2, 0.25) is 0 Å². The van der Waals surface area contributed by atoms with Gasteiger partial charge in [0, 0.05) is 13.2 Å². The standard InChI is InChI=1S/C13H21NO6S/c1-4-18-12-7-6-11(10-13(12)19-5-2)21(15,16)14-20-9-8-17-3/h6-7,10,14H,4-5,8-9H2,1-3H3. The Labute approximate surface area is 125 Å². The van der Waals surface area contributed by atoms with Gasteiger partial charge in [-0.15, -0.1) is 0 Å². The molecule has 1 aromatic carbocycles. The molecular weight excluding hydrogens is 298 g/mol. The van der Waals surface area contributed by atoms with E-state index in [2.05, 4.69) is 0 Å². The zero-order valence-electron chi connectivity index (χ0n) is 12.4. The van der Waals surface area contributed by atoms with Crippen molar-refractivity contribution in [2.75, 3.05) is 33.5 Å². The first kappa shape index (κ1) is 17.7. The number of methoxy groups -OCH3 is 1. The maximum Gasteiger partial charge on any atom is 0.262 e. The average molecular weight is 319 g/mol. The van der Waals surface area contributed by atoms with Gasteiger partial charge in [0.15, 0.2) is 11.5 Å². The number of nitrogens with one attached hydrogen (secondary N) is 1. The molecule has 0 saturated heterocycles. The van der Waals surface area contributed by atoms with Gasteiger partial charge in [0.2, 0.25) is 0 Å². The Balaban J connectivity index is 2.88. The monoisotopic (exact) mass is 319 g/mol. The molecule has 0 saturated carbocycles. The van der Waals surface area contributed by atoms with Crippen molar-refractivity contribution in [3.63, 3.8) is 0 Å². The first-order valence-corrected chi connectivity index (χ1v) is 8.05. The van der Waals surface area contributed by atoms with Gasteiger partial charge >= 0.3 is 0 Å². The second kappa shape index (κ2) is 8.83. The largest absolute Gasteiger partial charge is 0.490 e. The fourth-order valence-corrected chi connectivity index (χ4v) is 2.34. The molecule has 0 aliphatic carbocycles. The molecule has 8 heteroatoms. The molecule has 1 aromatic rings. The first-order chi connectivity index (χ1) is 10.0. The molecule has 7 nitrogen and oxygen atoms in total. The highest BCUT2D eigenvalue weighted by Gasteiger charge is 2.17. The lowest BCUT2D eigenvalue weighted by Crippen LogP contribution is -2.25. The molecule has 0 fully saturated rings. The Morgan fingerprint density at radius 1 is 1.05 bits per heavy atom. The summed E-state index contributed by atoms with van der Waals surface area (Å²) in [6.45, 7) is 4.92. The topological polar surface area (TPSA) is 83.1 Å². The van der Waals surface area contributed by atoms with E-state index in [0.717, 1.165) is 0 Å². The van der Waals surface area contributed by atoms with Crippen LogP contribution in [0.15, 0.2) is 23.1 Å². The van der Waals surface area contributed by atoms with Crippen LogP contribution in [-0.2, 0) is 19.6 Å². The van der Waals surface area contributed by atoms with Gasteiger partial charge in [-0.2, -0.15) is 0 Å². The van der Waals surface area contributed by atoms with E-state index in [1.165, 1.54) is 19.2 Å². The molecule has 0 aliphatic heterocycles. The van der Waals surface area contributed by atoms with Crippen molar-refractivity contribution in [2.24, 2.45) is 0 Å². The van der Waals surface area contributed by atoms with Crippen molar-refractivity contribution >= 4 is 10.0 Å². The normalized spacial score (nSPS) is 11.4. The molecule has 0 aliphatic rings. The Bertz CT molecular complexity index is 531. The van der Waals surface area contributed by atoms with Crippen LogP contribution in [0, 0.1) is 0 Å². The second-order valence-corrected chi connectivity index (χ2v) is 5.55. The van der Waals surface area contributed by atoms with Crippen molar-refractivity contribution < 1.29 is 27.5 Å². The van der Waals surface area contributed by atoms with Crippen molar-refractivity contribution in [3.8, 4) is 11.5 Å². The molecule has 0 heterocycles. The predicted octanol–water partition coefficient (Wildman–Crippen LogP) is 1.34. The molecule has 0 radical (unpaired) electrons. The zero-order chi connectivity index (χ0) is 15.7. The van der Waals surface area contributed by atoms with Gasteiger partial charge in [0.25, 0.3) is 10.0 Å². The second-order valence-electron chi connectivity index (χ2n) is 3.90. The van der Waals surface area contributed by atoms with Gasteiger partial charge in [0.05, 0.1) is 31.3 Å². The van der Waals surface area contributed by atoms with E-state index >= 15 is 0 Å². The summed E-state index contributed by atoms with van der Waals surface area (Å²) in [6.07, 6.45) is 0. The van der Waals surface area contributed by atoms with Crippen LogP contribution in [0.25, 0.3) is 0 Å². The summed E-state index contributed by atoms with van der Waals surface area (Å²) >= 11 is 0. The fraction of sp³-hybridized carbons (Fsp3) is 0.538. The molecule has 21 heavy (non-hydrogen) atoms. The van der Waals surface area contributed by atoms with Crippen molar-refractivity contribution in [2.45, 2.75) is 18.7 Å². The van der Waals surface area contributed by atoms with Gasteiger partial charge < -0.3 is 14.2 Å². The SMILES string of the molecule is CCOc1ccc(S(=O)(=O)NOCCOC)cc1OCC. The van der Waals surface area contributed by atoms with Crippen molar-refractivity contribution in [3.05, 3.63) is 18.2 Å². The molecule has 0 atom stereocenters. The van der Waals surface area contributed by atoms with Crippen LogP contribution in [-0.4, -0.2) is 42.0 Å². The van der Waals surface area contributed by atoms with Crippen LogP contribution in [0.4, 0.5) is 0 Å². The molecule has 0 amide bonds. The van der Waals surface area contributed by atoms with E-state index in [4.69, 9.17) is 19.0 Å². The van der Waals surface area contributed by atoms with Gasteiger partial charge in [-0.3, -0.25) is 4.84 Å². The van der Waals surface area contributed by atoms with Crippen LogP contribution in [0.3, 0.4) is 0 Å². The third-order valence-corrected chi connectivity index (χ3v) is 3.60. The van der Waals surface area contributed by atoms with E-state index in [1.54, 1.807) is 6.07 Å². The average Bonchev–Trinajstić information content (AvgIpc) is 2.46. The van der Waals surface area contributed by atoms with Crippen molar-refractivity contribution in [1.82, 2.24) is 4.89 Å². The van der Waals surface area contributed by atoms with Crippen LogP contribution >= 0.6 is 0 Å². The third kappa shape index (κ3) is 5.50. The Morgan fingerprint density at radius 2 is 1.71 bits per heavy atom. The van der Waals surface area contributed by atoms with Gasteiger partial charge in [-0.25, -0.2) is 8.42 Å². The number of hydrogen-bond acceptors (Lipinski definition) is 6. The number of ether oxygens (including phenoxy) is 3. The van der Waals surface area contributed by atoms with Crippen LogP contribution in [0.5, 0.6) is 11.5 Å². The van der Waals surface area contributed by atoms with E-state index in [-0.39, 0.29) is 18.1 Å². The molecule has 1 N–H and O–H groups in total. The third-order valence-electron chi connectivity index (χ3n) is 2.38. The minimum Gasteiger partial charge on any atom is -0.490 e. The molecule has 120 valence electrons. The zero-order valence-corrected chi connectivity index (χ0v) is 13.2.